The van der Waals surface area contributed by atoms with Crippen molar-refractivity contribution in [2.24, 2.45) is 5.41 Å². The van der Waals surface area contributed by atoms with Gasteiger partial charge in [0.05, 0.1) is 6.04 Å². The fourth-order valence-electron chi connectivity index (χ4n) is 1.98. The van der Waals surface area contributed by atoms with Crippen molar-refractivity contribution in [3.8, 4) is 0 Å². The standard InChI is InChI=1S/C12H20N2OS/c1-10(11-13-5-8-16-11)14-9-12(2)3-6-15-7-4-12/h5,8,10,14H,3-4,6-7,9H2,1-2H3. The molecule has 3 nitrogen and oxygen atoms in total. The Labute approximate surface area is 101 Å². The van der Waals surface area contributed by atoms with Gasteiger partial charge in [-0.1, -0.05) is 6.92 Å². The van der Waals surface area contributed by atoms with Crippen molar-refractivity contribution < 1.29 is 4.74 Å². The summed E-state index contributed by atoms with van der Waals surface area (Å²) in [5.74, 6) is 0. The predicted molar refractivity (Wildman–Crippen MR) is 66.7 cm³/mol. The molecule has 0 bridgehead atoms. The highest BCUT2D eigenvalue weighted by molar-refractivity contribution is 7.09. The topological polar surface area (TPSA) is 34.1 Å². The van der Waals surface area contributed by atoms with Crippen molar-refractivity contribution in [2.75, 3.05) is 19.8 Å². The van der Waals surface area contributed by atoms with Crippen LogP contribution >= 0.6 is 11.3 Å². The zero-order valence-electron chi connectivity index (χ0n) is 10.0. The van der Waals surface area contributed by atoms with Gasteiger partial charge in [0.25, 0.3) is 0 Å². The lowest BCUT2D eigenvalue weighted by molar-refractivity contribution is 0.0231. The first-order valence-electron chi connectivity index (χ1n) is 5.90. The van der Waals surface area contributed by atoms with Crippen molar-refractivity contribution in [3.05, 3.63) is 16.6 Å². The van der Waals surface area contributed by atoms with Gasteiger partial charge >= 0.3 is 0 Å². The van der Waals surface area contributed by atoms with Crippen LogP contribution in [0.3, 0.4) is 0 Å². The van der Waals surface area contributed by atoms with E-state index in [4.69, 9.17) is 4.74 Å². The van der Waals surface area contributed by atoms with E-state index in [1.807, 2.05) is 11.6 Å². The van der Waals surface area contributed by atoms with E-state index in [0.717, 1.165) is 32.6 Å². The number of rotatable bonds is 4. The Morgan fingerprint density at radius 2 is 2.31 bits per heavy atom. The molecule has 0 saturated carbocycles. The second-order valence-corrected chi connectivity index (χ2v) is 5.82. The van der Waals surface area contributed by atoms with E-state index in [2.05, 4.69) is 24.1 Å². The minimum Gasteiger partial charge on any atom is -0.381 e. The van der Waals surface area contributed by atoms with Gasteiger partial charge in [0, 0.05) is 31.3 Å². The van der Waals surface area contributed by atoms with Gasteiger partial charge in [0.2, 0.25) is 0 Å². The maximum atomic E-state index is 5.41. The normalized spacial score (nSPS) is 21.9. The SMILES string of the molecule is CC(NCC1(C)CCOCC1)c1nccs1. The minimum absolute atomic E-state index is 0.361. The molecule has 4 heteroatoms. The molecule has 16 heavy (non-hydrogen) atoms. The van der Waals surface area contributed by atoms with E-state index in [9.17, 15) is 0 Å². The average Bonchev–Trinajstić information content (AvgIpc) is 2.80. The molecule has 0 aliphatic carbocycles. The van der Waals surface area contributed by atoms with E-state index in [0.29, 0.717) is 11.5 Å². The molecule has 0 radical (unpaired) electrons. The Bertz CT molecular complexity index is 307. The van der Waals surface area contributed by atoms with Gasteiger partial charge in [-0.15, -0.1) is 11.3 Å². The maximum absolute atomic E-state index is 5.41. The highest BCUT2D eigenvalue weighted by Crippen LogP contribution is 2.29. The van der Waals surface area contributed by atoms with Crippen LogP contribution in [0.15, 0.2) is 11.6 Å². The van der Waals surface area contributed by atoms with Crippen LogP contribution in [0.1, 0.15) is 37.7 Å². The molecule has 90 valence electrons. The van der Waals surface area contributed by atoms with Crippen LogP contribution in [0.4, 0.5) is 0 Å². The molecular weight excluding hydrogens is 220 g/mol. The first-order valence-corrected chi connectivity index (χ1v) is 6.78. The highest BCUT2D eigenvalue weighted by Gasteiger charge is 2.27. The van der Waals surface area contributed by atoms with Crippen molar-refractivity contribution in [2.45, 2.75) is 32.7 Å². The van der Waals surface area contributed by atoms with Gasteiger partial charge in [0.15, 0.2) is 0 Å². The fourth-order valence-corrected chi connectivity index (χ4v) is 2.65. The van der Waals surface area contributed by atoms with E-state index in [-0.39, 0.29) is 0 Å². The summed E-state index contributed by atoms with van der Waals surface area (Å²) in [5, 5.41) is 6.80. The lowest BCUT2D eigenvalue weighted by atomic mass is 9.82. The Morgan fingerprint density at radius 3 is 2.94 bits per heavy atom. The van der Waals surface area contributed by atoms with Crippen molar-refractivity contribution >= 4 is 11.3 Å². The number of thiazole rings is 1. The van der Waals surface area contributed by atoms with Crippen molar-refractivity contribution in [1.82, 2.24) is 10.3 Å². The molecule has 1 unspecified atom stereocenters. The Kier molecular flexibility index (Phi) is 3.95. The molecule has 1 aliphatic rings. The van der Waals surface area contributed by atoms with Gasteiger partial charge in [0.1, 0.15) is 5.01 Å². The number of aromatic nitrogens is 1. The summed E-state index contributed by atoms with van der Waals surface area (Å²) in [4.78, 5) is 4.33. The molecule has 1 saturated heterocycles. The third-order valence-electron chi connectivity index (χ3n) is 3.36. The minimum atomic E-state index is 0.361. The smallest absolute Gasteiger partial charge is 0.109 e. The molecule has 2 heterocycles. The van der Waals surface area contributed by atoms with Crippen LogP contribution in [0.5, 0.6) is 0 Å². The van der Waals surface area contributed by atoms with E-state index >= 15 is 0 Å². The molecule has 1 atom stereocenters. The Hall–Kier alpha value is -0.450. The number of nitrogens with one attached hydrogen (secondary N) is 1. The Morgan fingerprint density at radius 1 is 1.56 bits per heavy atom. The molecule has 1 aromatic rings. The lowest BCUT2D eigenvalue weighted by Crippen LogP contribution is -2.37. The molecule has 1 aromatic heterocycles. The first kappa shape index (κ1) is 12.0. The van der Waals surface area contributed by atoms with Gasteiger partial charge < -0.3 is 10.1 Å². The summed E-state index contributed by atoms with van der Waals surface area (Å²) in [6.45, 7) is 7.39. The van der Waals surface area contributed by atoms with Crippen molar-refractivity contribution in [3.63, 3.8) is 0 Å². The number of nitrogens with zero attached hydrogens (tertiary/aromatic N) is 1. The summed E-state index contributed by atoms with van der Waals surface area (Å²) < 4.78 is 5.41. The quantitative estimate of drug-likeness (QED) is 0.878. The predicted octanol–water partition coefficient (Wildman–Crippen LogP) is 2.61. The van der Waals surface area contributed by atoms with E-state index in [1.165, 1.54) is 5.01 Å². The van der Waals surface area contributed by atoms with Crippen LogP contribution in [-0.4, -0.2) is 24.7 Å². The highest BCUT2D eigenvalue weighted by atomic mass is 32.1. The molecule has 0 amide bonds. The van der Waals surface area contributed by atoms with Crippen LogP contribution in [0.25, 0.3) is 0 Å². The second-order valence-electron chi connectivity index (χ2n) is 4.90. The third kappa shape index (κ3) is 3.03. The van der Waals surface area contributed by atoms with Crippen LogP contribution in [0, 0.1) is 5.41 Å². The average molecular weight is 240 g/mol. The summed E-state index contributed by atoms with van der Waals surface area (Å²) >= 11 is 1.72. The zero-order valence-corrected chi connectivity index (χ0v) is 10.8. The molecule has 0 spiro atoms. The summed E-state index contributed by atoms with van der Waals surface area (Å²) in [6.07, 6.45) is 4.18. The van der Waals surface area contributed by atoms with Gasteiger partial charge in [-0.3, -0.25) is 0 Å². The molecule has 0 aromatic carbocycles. The number of ether oxygens (including phenoxy) is 1. The van der Waals surface area contributed by atoms with Gasteiger partial charge in [-0.25, -0.2) is 4.98 Å². The van der Waals surface area contributed by atoms with Crippen LogP contribution < -0.4 is 5.32 Å². The monoisotopic (exact) mass is 240 g/mol. The van der Waals surface area contributed by atoms with Gasteiger partial charge in [-0.05, 0) is 25.2 Å². The van der Waals surface area contributed by atoms with E-state index < -0.39 is 0 Å². The lowest BCUT2D eigenvalue weighted by Gasteiger charge is -2.34. The number of hydrogen-bond donors (Lipinski definition) is 1. The first-order chi connectivity index (χ1) is 7.70. The molecule has 1 N–H and O–H groups in total. The third-order valence-corrected chi connectivity index (χ3v) is 4.32. The van der Waals surface area contributed by atoms with Crippen LogP contribution in [-0.2, 0) is 4.74 Å². The van der Waals surface area contributed by atoms with Gasteiger partial charge in [-0.2, -0.15) is 0 Å². The summed E-state index contributed by atoms with van der Waals surface area (Å²) in [6, 6.07) is 0.361. The van der Waals surface area contributed by atoms with Crippen LogP contribution in [0.2, 0.25) is 0 Å². The molecular formula is C12H20N2OS. The largest absolute Gasteiger partial charge is 0.381 e. The van der Waals surface area contributed by atoms with Crippen molar-refractivity contribution in [1.29, 1.82) is 0 Å². The summed E-state index contributed by atoms with van der Waals surface area (Å²) in [7, 11) is 0. The van der Waals surface area contributed by atoms with E-state index in [1.54, 1.807) is 11.3 Å². The summed E-state index contributed by atoms with van der Waals surface area (Å²) in [5.41, 5.74) is 0.393. The second kappa shape index (κ2) is 5.25. The zero-order chi connectivity index (χ0) is 11.4. The molecule has 2 rings (SSSR count). The molecule has 1 aliphatic heterocycles. The molecule has 1 fully saturated rings. The fraction of sp³-hybridized carbons (Fsp3) is 0.750. The number of hydrogen-bond acceptors (Lipinski definition) is 4. The Balaban J connectivity index is 1.82. The maximum Gasteiger partial charge on any atom is 0.109 e.